The number of benzene rings is 1. The zero-order chi connectivity index (χ0) is 23.4. The summed E-state index contributed by atoms with van der Waals surface area (Å²) < 4.78 is 11.6. The normalized spacial score (nSPS) is 14.5. The van der Waals surface area contributed by atoms with Gasteiger partial charge in [-0.25, -0.2) is 14.6 Å². The number of H-pyrrole nitrogens is 1. The van der Waals surface area contributed by atoms with Gasteiger partial charge in [0.1, 0.15) is 0 Å². The molecule has 1 N–H and O–H groups in total. The molecule has 8 heteroatoms. The summed E-state index contributed by atoms with van der Waals surface area (Å²) in [5.41, 5.74) is 1.55. The molecular weight excluding hydrogens is 422 g/mol. The third-order valence-electron chi connectivity index (χ3n) is 6.25. The van der Waals surface area contributed by atoms with Crippen molar-refractivity contribution in [2.45, 2.75) is 51.5 Å². The van der Waals surface area contributed by atoms with Gasteiger partial charge in [-0.05, 0) is 37.3 Å². The van der Waals surface area contributed by atoms with Crippen LogP contribution in [0, 0.1) is 0 Å². The zero-order valence-electron chi connectivity index (χ0n) is 19.1. The van der Waals surface area contributed by atoms with Crippen LogP contribution in [0.3, 0.4) is 0 Å². The molecule has 1 aliphatic carbocycles. The van der Waals surface area contributed by atoms with Crippen molar-refractivity contribution in [2.75, 3.05) is 20.3 Å². The van der Waals surface area contributed by atoms with Gasteiger partial charge >= 0.3 is 11.7 Å². The Morgan fingerprint density at radius 3 is 2.55 bits per heavy atom. The van der Waals surface area contributed by atoms with E-state index >= 15 is 0 Å². The lowest BCUT2D eigenvalue weighted by atomic mass is 9.84. The average molecular weight is 452 g/mol. The summed E-state index contributed by atoms with van der Waals surface area (Å²) in [5.74, 6) is -0.0577. The second-order valence-electron chi connectivity index (χ2n) is 8.33. The second-order valence-corrected chi connectivity index (χ2v) is 8.33. The summed E-state index contributed by atoms with van der Waals surface area (Å²) in [6, 6.07) is 9.75. The number of fused-ring (bicyclic) bond motifs is 1. The number of carbonyl (C=O) groups is 1. The van der Waals surface area contributed by atoms with Crippen molar-refractivity contribution < 1.29 is 14.3 Å². The Morgan fingerprint density at radius 1 is 1.15 bits per heavy atom. The third kappa shape index (κ3) is 4.75. The van der Waals surface area contributed by atoms with Crippen molar-refractivity contribution in [3.8, 4) is 11.3 Å². The van der Waals surface area contributed by atoms with E-state index in [9.17, 15) is 14.4 Å². The van der Waals surface area contributed by atoms with Gasteiger partial charge in [0.15, 0.2) is 5.65 Å². The summed E-state index contributed by atoms with van der Waals surface area (Å²) in [4.78, 5) is 44.9. The Hall–Kier alpha value is -3.26. The lowest BCUT2D eigenvalue weighted by Crippen LogP contribution is -2.33. The molecule has 3 aromatic rings. The van der Waals surface area contributed by atoms with Gasteiger partial charge < -0.3 is 9.47 Å². The van der Waals surface area contributed by atoms with Gasteiger partial charge in [0, 0.05) is 12.7 Å². The van der Waals surface area contributed by atoms with Gasteiger partial charge in [-0.1, -0.05) is 43.5 Å². The first-order valence-corrected chi connectivity index (χ1v) is 11.5. The Labute approximate surface area is 191 Å². The van der Waals surface area contributed by atoms with E-state index in [1.165, 1.54) is 49.3 Å². The van der Waals surface area contributed by atoms with Crippen LogP contribution in [0.4, 0.5) is 0 Å². The minimum absolute atomic E-state index is 0.0340. The number of rotatable bonds is 7. The number of carbonyl (C=O) groups excluding carboxylic acids is 1. The SMILES string of the molecule is CCOC(=O)c1cc(-c2ccc(C3CCCCC3)cc2)nc2c1c(=O)[nH]c(=O)n2CCOC. The molecule has 1 fully saturated rings. The highest BCUT2D eigenvalue weighted by molar-refractivity contribution is 6.03. The van der Waals surface area contributed by atoms with Gasteiger partial charge in [-0.3, -0.25) is 14.3 Å². The van der Waals surface area contributed by atoms with Gasteiger partial charge in [-0.15, -0.1) is 0 Å². The van der Waals surface area contributed by atoms with Crippen LogP contribution in [0.1, 0.15) is 60.9 Å². The van der Waals surface area contributed by atoms with Crippen molar-refractivity contribution in [3.63, 3.8) is 0 Å². The lowest BCUT2D eigenvalue weighted by Gasteiger charge is -2.22. The molecule has 2 aromatic heterocycles. The summed E-state index contributed by atoms with van der Waals surface area (Å²) >= 11 is 0. The molecule has 174 valence electrons. The smallest absolute Gasteiger partial charge is 0.339 e. The summed E-state index contributed by atoms with van der Waals surface area (Å²) in [7, 11) is 1.52. The molecule has 0 radical (unpaired) electrons. The molecule has 2 heterocycles. The Bertz CT molecular complexity index is 1250. The first-order chi connectivity index (χ1) is 16.0. The van der Waals surface area contributed by atoms with E-state index in [1.807, 2.05) is 12.1 Å². The lowest BCUT2D eigenvalue weighted by molar-refractivity contribution is 0.0528. The zero-order valence-corrected chi connectivity index (χ0v) is 19.1. The Morgan fingerprint density at radius 2 is 1.88 bits per heavy atom. The van der Waals surface area contributed by atoms with E-state index in [0.29, 0.717) is 11.6 Å². The highest BCUT2D eigenvalue weighted by Crippen LogP contribution is 2.33. The minimum Gasteiger partial charge on any atom is -0.462 e. The van der Waals surface area contributed by atoms with Crippen LogP contribution in [0.25, 0.3) is 22.3 Å². The van der Waals surface area contributed by atoms with Crippen molar-refractivity contribution in [2.24, 2.45) is 0 Å². The van der Waals surface area contributed by atoms with Gasteiger partial charge in [0.25, 0.3) is 5.56 Å². The first kappa shape index (κ1) is 22.9. The molecule has 8 nitrogen and oxygen atoms in total. The van der Waals surface area contributed by atoms with Crippen LogP contribution in [0.15, 0.2) is 39.9 Å². The standard InChI is InChI=1S/C25H29N3O5/c1-3-33-24(30)19-15-20(18-11-9-17(10-12-18)16-7-5-4-6-8-16)26-22-21(19)23(29)27-25(31)28(22)13-14-32-2/h9-12,15-16H,3-8,13-14H2,1-2H3,(H,27,29,31). The molecule has 0 atom stereocenters. The van der Waals surface area contributed by atoms with Gasteiger partial charge in [0.2, 0.25) is 0 Å². The van der Waals surface area contributed by atoms with E-state index < -0.39 is 17.2 Å². The molecule has 33 heavy (non-hydrogen) atoms. The number of ether oxygens (including phenoxy) is 2. The molecule has 0 spiro atoms. The molecule has 0 saturated heterocycles. The summed E-state index contributed by atoms with van der Waals surface area (Å²) in [6.07, 6.45) is 6.23. The molecule has 1 aromatic carbocycles. The maximum atomic E-state index is 12.8. The molecule has 1 aliphatic rings. The van der Waals surface area contributed by atoms with Gasteiger partial charge in [-0.2, -0.15) is 0 Å². The highest BCUT2D eigenvalue weighted by atomic mass is 16.5. The summed E-state index contributed by atoms with van der Waals surface area (Å²) in [5, 5.41) is 0.0340. The average Bonchev–Trinajstić information content (AvgIpc) is 2.84. The number of hydrogen-bond donors (Lipinski definition) is 1. The fourth-order valence-corrected chi connectivity index (χ4v) is 4.54. The van der Waals surface area contributed by atoms with Crippen LogP contribution in [-0.2, 0) is 16.0 Å². The largest absolute Gasteiger partial charge is 0.462 e. The third-order valence-corrected chi connectivity index (χ3v) is 6.25. The number of pyridine rings is 1. The monoisotopic (exact) mass is 451 g/mol. The van der Waals surface area contributed by atoms with E-state index in [-0.39, 0.29) is 36.4 Å². The predicted octanol–water partition coefficient (Wildman–Crippen LogP) is 3.62. The number of nitrogens with one attached hydrogen (secondary N) is 1. The van der Waals surface area contributed by atoms with E-state index in [0.717, 1.165) is 5.56 Å². The van der Waals surface area contributed by atoms with E-state index in [4.69, 9.17) is 9.47 Å². The van der Waals surface area contributed by atoms with E-state index in [2.05, 4.69) is 22.1 Å². The van der Waals surface area contributed by atoms with Gasteiger partial charge in [0.05, 0.1) is 36.4 Å². The van der Waals surface area contributed by atoms with Crippen LogP contribution in [-0.4, -0.2) is 40.8 Å². The number of methoxy groups -OCH3 is 1. The van der Waals surface area contributed by atoms with Crippen molar-refractivity contribution >= 4 is 17.0 Å². The Balaban J connectivity index is 1.86. The molecule has 0 amide bonds. The number of aromatic nitrogens is 3. The van der Waals surface area contributed by atoms with E-state index in [1.54, 1.807) is 13.0 Å². The molecule has 4 rings (SSSR count). The maximum absolute atomic E-state index is 12.8. The van der Waals surface area contributed by atoms with Crippen LogP contribution in [0.5, 0.6) is 0 Å². The maximum Gasteiger partial charge on any atom is 0.339 e. The van der Waals surface area contributed by atoms with Crippen molar-refractivity contribution in [1.82, 2.24) is 14.5 Å². The fourth-order valence-electron chi connectivity index (χ4n) is 4.54. The quantitative estimate of drug-likeness (QED) is 0.551. The second kappa shape index (κ2) is 10.1. The van der Waals surface area contributed by atoms with Crippen molar-refractivity contribution in [3.05, 3.63) is 62.3 Å². The predicted molar refractivity (Wildman–Crippen MR) is 126 cm³/mol. The van der Waals surface area contributed by atoms with Crippen LogP contribution >= 0.6 is 0 Å². The summed E-state index contributed by atoms with van der Waals surface area (Å²) in [6.45, 7) is 2.29. The number of hydrogen-bond acceptors (Lipinski definition) is 6. The molecular formula is C25H29N3O5. The highest BCUT2D eigenvalue weighted by Gasteiger charge is 2.21. The number of nitrogens with zero attached hydrogens (tertiary/aromatic N) is 2. The number of esters is 1. The molecule has 0 aliphatic heterocycles. The number of aromatic amines is 1. The molecule has 0 bridgehead atoms. The minimum atomic E-state index is -0.668. The topological polar surface area (TPSA) is 103 Å². The van der Waals surface area contributed by atoms with Crippen molar-refractivity contribution in [1.29, 1.82) is 0 Å². The fraction of sp³-hybridized carbons (Fsp3) is 0.440. The Kier molecular flexibility index (Phi) is 7.03. The molecule has 1 saturated carbocycles. The molecule has 0 unspecified atom stereocenters. The van der Waals surface area contributed by atoms with Crippen LogP contribution in [0.2, 0.25) is 0 Å². The first-order valence-electron chi connectivity index (χ1n) is 11.5. The van der Waals surface area contributed by atoms with Crippen LogP contribution < -0.4 is 11.2 Å².